The zero-order valence-corrected chi connectivity index (χ0v) is 12.1. The number of benzene rings is 2. The number of hydrogen-bond acceptors (Lipinski definition) is 2. The van der Waals surface area contributed by atoms with Gasteiger partial charge in [-0.05, 0) is 31.0 Å². The van der Waals surface area contributed by atoms with E-state index in [0.717, 1.165) is 11.1 Å². The quantitative estimate of drug-likeness (QED) is 0.781. The smallest absolute Gasteiger partial charge is 0.185 e. The highest BCUT2D eigenvalue weighted by molar-refractivity contribution is 6.35. The van der Waals surface area contributed by atoms with E-state index in [1.807, 2.05) is 38.1 Å². The van der Waals surface area contributed by atoms with E-state index < -0.39 is 5.92 Å². The predicted octanol–water partition coefficient (Wildman–Crippen LogP) is 4.45. The zero-order chi connectivity index (χ0) is 14.7. The van der Waals surface area contributed by atoms with Gasteiger partial charge in [0, 0.05) is 5.56 Å². The average Bonchev–Trinajstić information content (AvgIpc) is 2.42. The number of nitriles is 1. The molecule has 0 bridgehead atoms. The molecule has 20 heavy (non-hydrogen) atoms. The van der Waals surface area contributed by atoms with Crippen molar-refractivity contribution >= 4 is 17.4 Å². The molecule has 0 amide bonds. The molecule has 2 aromatic rings. The number of aryl methyl sites for hydroxylation is 2. The van der Waals surface area contributed by atoms with E-state index in [1.54, 1.807) is 18.2 Å². The molecular weight excluding hydrogens is 270 g/mol. The first kappa shape index (κ1) is 14.3. The molecule has 1 atom stereocenters. The van der Waals surface area contributed by atoms with Crippen LogP contribution in [0.25, 0.3) is 0 Å². The van der Waals surface area contributed by atoms with E-state index in [2.05, 4.69) is 6.07 Å². The molecule has 0 heterocycles. The van der Waals surface area contributed by atoms with Crippen molar-refractivity contribution in [1.82, 2.24) is 0 Å². The van der Waals surface area contributed by atoms with Gasteiger partial charge >= 0.3 is 0 Å². The van der Waals surface area contributed by atoms with Crippen LogP contribution in [-0.4, -0.2) is 5.78 Å². The van der Waals surface area contributed by atoms with Gasteiger partial charge in [-0.1, -0.05) is 53.6 Å². The molecule has 100 valence electrons. The van der Waals surface area contributed by atoms with Crippen LogP contribution in [0.3, 0.4) is 0 Å². The maximum absolute atomic E-state index is 12.6. The fraction of sp³-hybridized carbons (Fsp3) is 0.176. The van der Waals surface area contributed by atoms with Crippen molar-refractivity contribution < 1.29 is 4.79 Å². The number of ketones is 1. The van der Waals surface area contributed by atoms with Crippen LogP contribution in [0.1, 0.15) is 33.0 Å². The van der Waals surface area contributed by atoms with Gasteiger partial charge in [0.25, 0.3) is 0 Å². The Labute approximate surface area is 123 Å². The Kier molecular flexibility index (Phi) is 4.22. The minimum atomic E-state index is -0.825. The van der Waals surface area contributed by atoms with Crippen LogP contribution < -0.4 is 0 Å². The van der Waals surface area contributed by atoms with Crippen LogP contribution >= 0.6 is 11.6 Å². The van der Waals surface area contributed by atoms with Gasteiger partial charge < -0.3 is 0 Å². The highest BCUT2D eigenvalue weighted by Gasteiger charge is 2.24. The fourth-order valence-electron chi connectivity index (χ4n) is 2.13. The number of hydrogen-bond donors (Lipinski definition) is 0. The van der Waals surface area contributed by atoms with Crippen LogP contribution in [0.4, 0.5) is 0 Å². The number of carbonyl (C=O) groups is 1. The summed E-state index contributed by atoms with van der Waals surface area (Å²) < 4.78 is 0. The number of rotatable bonds is 3. The van der Waals surface area contributed by atoms with Crippen LogP contribution in [0.15, 0.2) is 42.5 Å². The third-order valence-electron chi connectivity index (χ3n) is 3.22. The van der Waals surface area contributed by atoms with Crippen molar-refractivity contribution in [2.24, 2.45) is 0 Å². The van der Waals surface area contributed by atoms with Gasteiger partial charge in [0.1, 0.15) is 5.92 Å². The standard InChI is InChI=1S/C17H14ClNO/c1-11-5-3-7-13(9-11)15(10-19)17(20)14-8-4-6-12(2)16(14)18/h3-9,15H,1-2H3. The molecule has 2 rings (SSSR count). The number of halogens is 1. The second-order valence-electron chi connectivity index (χ2n) is 4.78. The van der Waals surface area contributed by atoms with Crippen molar-refractivity contribution in [2.45, 2.75) is 19.8 Å². The fourth-order valence-corrected chi connectivity index (χ4v) is 2.35. The van der Waals surface area contributed by atoms with Crippen molar-refractivity contribution in [3.05, 3.63) is 69.7 Å². The molecule has 0 aliphatic heterocycles. The summed E-state index contributed by atoms with van der Waals surface area (Å²) in [5.74, 6) is -1.08. The van der Waals surface area contributed by atoms with E-state index in [9.17, 15) is 10.1 Å². The summed E-state index contributed by atoms with van der Waals surface area (Å²) in [7, 11) is 0. The van der Waals surface area contributed by atoms with E-state index in [1.165, 1.54) is 0 Å². The summed E-state index contributed by atoms with van der Waals surface area (Å²) in [5.41, 5.74) is 2.96. The van der Waals surface area contributed by atoms with Crippen molar-refractivity contribution in [3.8, 4) is 6.07 Å². The summed E-state index contributed by atoms with van der Waals surface area (Å²) in [4.78, 5) is 12.6. The summed E-state index contributed by atoms with van der Waals surface area (Å²) in [6, 6.07) is 14.8. The first-order valence-corrected chi connectivity index (χ1v) is 6.68. The lowest BCUT2D eigenvalue weighted by Crippen LogP contribution is -2.12. The maximum atomic E-state index is 12.6. The van der Waals surface area contributed by atoms with Crippen LogP contribution in [-0.2, 0) is 0 Å². The Morgan fingerprint density at radius 1 is 1.20 bits per heavy atom. The van der Waals surface area contributed by atoms with Crippen LogP contribution in [0, 0.1) is 25.2 Å². The van der Waals surface area contributed by atoms with Crippen molar-refractivity contribution in [1.29, 1.82) is 5.26 Å². The highest BCUT2D eigenvalue weighted by Crippen LogP contribution is 2.27. The maximum Gasteiger partial charge on any atom is 0.185 e. The van der Waals surface area contributed by atoms with Gasteiger partial charge in [0.2, 0.25) is 0 Å². The molecule has 3 heteroatoms. The molecule has 0 saturated heterocycles. The Morgan fingerprint density at radius 2 is 1.90 bits per heavy atom. The monoisotopic (exact) mass is 283 g/mol. The van der Waals surface area contributed by atoms with Crippen molar-refractivity contribution in [2.75, 3.05) is 0 Å². The Morgan fingerprint density at radius 3 is 2.55 bits per heavy atom. The molecule has 0 radical (unpaired) electrons. The lowest BCUT2D eigenvalue weighted by molar-refractivity contribution is 0.0979. The van der Waals surface area contributed by atoms with E-state index >= 15 is 0 Å². The molecule has 0 N–H and O–H groups in total. The molecule has 0 aliphatic rings. The summed E-state index contributed by atoms with van der Waals surface area (Å²) in [5, 5.41) is 9.77. The molecule has 0 aromatic heterocycles. The third kappa shape index (κ3) is 2.74. The second-order valence-corrected chi connectivity index (χ2v) is 5.15. The van der Waals surface area contributed by atoms with Gasteiger partial charge in [-0.25, -0.2) is 0 Å². The molecule has 0 fully saturated rings. The SMILES string of the molecule is Cc1cccc(C(C#N)C(=O)c2cccc(C)c2Cl)c1. The van der Waals surface area contributed by atoms with E-state index in [4.69, 9.17) is 11.6 Å². The lowest BCUT2D eigenvalue weighted by Gasteiger charge is -2.11. The minimum Gasteiger partial charge on any atom is -0.292 e. The van der Waals surface area contributed by atoms with Crippen LogP contribution in [0.5, 0.6) is 0 Å². The molecule has 1 unspecified atom stereocenters. The third-order valence-corrected chi connectivity index (χ3v) is 3.73. The minimum absolute atomic E-state index is 0.258. The Balaban J connectivity index is 2.45. The van der Waals surface area contributed by atoms with Gasteiger partial charge in [-0.3, -0.25) is 4.79 Å². The number of nitrogens with zero attached hydrogens (tertiary/aromatic N) is 1. The molecule has 0 spiro atoms. The van der Waals surface area contributed by atoms with Gasteiger partial charge in [-0.15, -0.1) is 0 Å². The Hall–Kier alpha value is -2.11. The normalized spacial score (nSPS) is 11.7. The highest BCUT2D eigenvalue weighted by atomic mass is 35.5. The molecular formula is C17H14ClNO. The Bertz CT molecular complexity index is 700. The first-order valence-electron chi connectivity index (χ1n) is 6.30. The van der Waals surface area contributed by atoms with E-state index in [0.29, 0.717) is 16.1 Å². The zero-order valence-electron chi connectivity index (χ0n) is 11.4. The topological polar surface area (TPSA) is 40.9 Å². The van der Waals surface area contributed by atoms with Gasteiger partial charge in [0.05, 0.1) is 11.1 Å². The van der Waals surface area contributed by atoms with Gasteiger partial charge in [-0.2, -0.15) is 5.26 Å². The molecule has 0 saturated carbocycles. The first-order chi connectivity index (χ1) is 9.54. The number of carbonyl (C=O) groups excluding carboxylic acids is 1. The average molecular weight is 284 g/mol. The van der Waals surface area contributed by atoms with Crippen molar-refractivity contribution in [3.63, 3.8) is 0 Å². The van der Waals surface area contributed by atoms with E-state index in [-0.39, 0.29) is 5.78 Å². The molecule has 2 nitrogen and oxygen atoms in total. The molecule has 2 aromatic carbocycles. The van der Waals surface area contributed by atoms with Gasteiger partial charge in [0.15, 0.2) is 5.78 Å². The largest absolute Gasteiger partial charge is 0.292 e. The number of Topliss-reactive ketones (excluding diaryl/α,β-unsaturated/α-hetero) is 1. The predicted molar refractivity (Wildman–Crippen MR) is 80.1 cm³/mol. The molecule has 0 aliphatic carbocycles. The summed E-state index contributed by atoms with van der Waals surface area (Å²) in [6.45, 7) is 3.77. The second kappa shape index (κ2) is 5.90. The summed E-state index contributed by atoms with van der Waals surface area (Å²) >= 11 is 6.18. The summed E-state index contributed by atoms with van der Waals surface area (Å²) in [6.07, 6.45) is 0. The lowest BCUT2D eigenvalue weighted by atomic mass is 9.90. The van der Waals surface area contributed by atoms with Crippen LogP contribution in [0.2, 0.25) is 5.02 Å².